The van der Waals surface area contributed by atoms with Crippen LogP contribution >= 0.6 is 0 Å². The fourth-order valence-electron chi connectivity index (χ4n) is 2.58. The molecule has 2 aromatic carbocycles. The Morgan fingerprint density at radius 1 is 1.10 bits per heavy atom. The van der Waals surface area contributed by atoms with Crippen molar-refractivity contribution >= 4 is 5.91 Å². The molecule has 1 atom stereocenters. The Morgan fingerprint density at radius 3 is 2.45 bits per heavy atom. The van der Waals surface area contributed by atoms with Gasteiger partial charge in [0, 0.05) is 11.1 Å². The zero-order valence-corrected chi connectivity index (χ0v) is 16.7. The number of amides is 1. The first-order valence-corrected chi connectivity index (χ1v) is 9.55. The summed E-state index contributed by atoms with van der Waals surface area (Å²) in [5.74, 6) is 1.32. The molecule has 0 radical (unpaired) electrons. The molecule has 0 bridgehead atoms. The van der Waals surface area contributed by atoms with Crippen molar-refractivity contribution in [1.29, 1.82) is 0 Å². The molecule has 7 heteroatoms. The van der Waals surface area contributed by atoms with Crippen molar-refractivity contribution in [2.24, 2.45) is 5.92 Å². The number of nitrogens with one attached hydrogen (secondary N) is 1. The molecule has 6 nitrogen and oxygen atoms in total. The normalized spacial score (nSPS) is 12.0. The van der Waals surface area contributed by atoms with Crippen molar-refractivity contribution in [2.45, 2.75) is 33.2 Å². The quantitative estimate of drug-likeness (QED) is 0.591. The van der Waals surface area contributed by atoms with E-state index in [-0.39, 0.29) is 17.6 Å². The van der Waals surface area contributed by atoms with Gasteiger partial charge in [-0.2, -0.15) is 4.98 Å². The molecule has 0 aliphatic heterocycles. The summed E-state index contributed by atoms with van der Waals surface area (Å²) in [6, 6.07) is 12.3. The molecule has 0 fully saturated rings. The third-order valence-corrected chi connectivity index (χ3v) is 4.34. The highest BCUT2D eigenvalue weighted by Gasteiger charge is 2.18. The maximum absolute atomic E-state index is 13.0. The minimum absolute atomic E-state index is 0.257. The van der Waals surface area contributed by atoms with Crippen molar-refractivity contribution in [1.82, 2.24) is 15.5 Å². The van der Waals surface area contributed by atoms with Gasteiger partial charge in [-0.05, 0) is 67.8 Å². The Balaban J connectivity index is 1.58. The van der Waals surface area contributed by atoms with Crippen LogP contribution in [-0.2, 0) is 0 Å². The van der Waals surface area contributed by atoms with E-state index in [0.29, 0.717) is 29.5 Å². The predicted octanol–water partition coefficient (Wildman–Crippen LogP) is 4.79. The van der Waals surface area contributed by atoms with Gasteiger partial charge < -0.3 is 14.6 Å². The zero-order chi connectivity index (χ0) is 20.8. The first-order valence-electron chi connectivity index (χ1n) is 9.55. The monoisotopic (exact) mass is 397 g/mol. The van der Waals surface area contributed by atoms with Crippen molar-refractivity contribution in [3.8, 4) is 17.1 Å². The highest BCUT2D eigenvalue weighted by molar-refractivity contribution is 5.94. The minimum atomic E-state index is -0.480. The van der Waals surface area contributed by atoms with Gasteiger partial charge in [0.1, 0.15) is 17.6 Å². The van der Waals surface area contributed by atoms with E-state index in [4.69, 9.17) is 9.26 Å². The first-order chi connectivity index (χ1) is 13.9. The molecule has 0 spiro atoms. The van der Waals surface area contributed by atoms with Crippen LogP contribution in [0, 0.1) is 11.7 Å². The molecule has 1 unspecified atom stereocenters. The van der Waals surface area contributed by atoms with Crippen LogP contribution in [0.4, 0.5) is 4.39 Å². The summed E-state index contributed by atoms with van der Waals surface area (Å²) in [6.07, 6.45) is 0.976. The summed E-state index contributed by atoms with van der Waals surface area (Å²) < 4.78 is 23.9. The molecule has 29 heavy (non-hydrogen) atoms. The minimum Gasteiger partial charge on any atom is -0.494 e. The average Bonchev–Trinajstić information content (AvgIpc) is 3.19. The van der Waals surface area contributed by atoms with Crippen molar-refractivity contribution in [3.63, 3.8) is 0 Å². The summed E-state index contributed by atoms with van der Waals surface area (Å²) in [5, 5.41) is 6.72. The average molecular weight is 397 g/mol. The molecule has 3 aromatic rings. The predicted molar refractivity (Wildman–Crippen MR) is 107 cm³/mol. The van der Waals surface area contributed by atoms with Crippen LogP contribution in [0.25, 0.3) is 11.4 Å². The third-order valence-electron chi connectivity index (χ3n) is 4.34. The number of aromatic nitrogens is 2. The van der Waals surface area contributed by atoms with Crippen LogP contribution in [0.1, 0.15) is 49.5 Å². The van der Waals surface area contributed by atoms with E-state index in [9.17, 15) is 9.18 Å². The number of halogens is 1. The molecule has 1 heterocycles. The van der Waals surface area contributed by atoms with Crippen LogP contribution in [0.3, 0.4) is 0 Å². The molecule has 3 rings (SSSR count). The molecule has 0 saturated heterocycles. The SMILES string of the molecule is CC(C)CCOc1ccc(C(=O)NC(C)c2nc(-c3ccc(F)cc3)no2)cc1. The highest BCUT2D eigenvalue weighted by Crippen LogP contribution is 2.20. The lowest BCUT2D eigenvalue weighted by Crippen LogP contribution is -2.26. The third kappa shape index (κ3) is 5.63. The highest BCUT2D eigenvalue weighted by atomic mass is 19.1. The van der Waals surface area contributed by atoms with Gasteiger partial charge >= 0.3 is 0 Å². The summed E-state index contributed by atoms with van der Waals surface area (Å²) >= 11 is 0. The van der Waals surface area contributed by atoms with Gasteiger partial charge in [-0.3, -0.25) is 4.79 Å². The molecule has 0 saturated carbocycles. The first kappa shape index (κ1) is 20.5. The Bertz CT molecular complexity index is 937. The second-order valence-corrected chi connectivity index (χ2v) is 7.21. The van der Waals surface area contributed by atoms with Gasteiger partial charge in [0.05, 0.1) is 6.61 Å². The summed E-state index contributed by atoms with van der Waals surface area (Å²) in [7, 11) is 0. The van der Waals surface area contributed by atoms with E-state index in [1.165, 1.54) is 12.1 Å². The lowest BCUT2D eigenvalue weighted by atomic mass is 10.1. The van der Waals surface area contributed by atoms with Crippen LogP contribution in [0.2, 0.25) is 0 Å². The number of carbonyl (C=O) groups is 1. The van der Waals surface area contributed by atoms with Gasteiger partial charge in [-0.25, -0.2) is 4.39 Å². The number of nitrogens with zero attached hydrogens (tertiary/aromatic N) is 2. The Labute approximate surface area is 169 Å². The van der Waals surface area contributed by atoms with Crippen molar-refractivity contribution in [2.75, 3.05) is 6.61 Å². The fraction of sp³-hybridized carbons (Fsp3) is 0.318. The van der Waals surface area contributed by atoms with E-state index in [0.717, 1.165) is 12.2 Å². The summed E-state index contributed by atoms with van der Waals surface area (Å²) in [6.45, 7) is 6.69. The van der Waals surface area contributed by atoms with Gasteiger partial charge in [0.15, 0.2) is 0 Å². The Morgan fingerprint density at radius 2 is 1.79 bits per heavy atom. The number of rotatable bonds is 8. The number of benzene rings is 2. The topological polar surface area (TPSA) is 77.2 Å². The van der Waals surface area contributed by atoms with Crippen molar-refractivity contribution < 1.29 is 18.4 Å². The number of hydrogen-bond acceptors (Lipinski definition) is 5. The molecule has 0 aliphatic rings. The maximum atomic E-state index is 13.0. The van der Waals surface area contributed by atoms with E-state index >= 15 is 0 Å². The largest absolute Gasteiger partial charge is 0.494 e. The molecule has 152 valence electrons. The van der Waals surface area contributed by atoms with Gasteiger partial charge in [-0.15, -0.1) is 0 Å². The Kier molecular flexibility index (Phi) is 6.59. The molecule has 0 aliphatic carbocycles. The Hall–Kier alpha value is -3.22. The molecular formula is C22H24FN3O3. The van der Waals surface area contributed by atoms with E-state index in [1.54, 1.807) is 43.3 Å². The van der Waals surface area contributed by atoms with Crippen molar-refractivity contribution in [3.05, 3.63) is 65.8 Å². The van der Waals surface area contributed by atoms with Crippen LogP contribution in [0.15, 0.2) is 53.1 Å². The smallest absolute Gasteiger partial charge is 0.251 e. The summed E-state index contributed by atoms with van der Waals surface area (Å²) in [5.41, 5.74) is 1.14. The van der Waals surface area contributed by atoms with E-state index < -0.39 is 6.04 Å². The second-order valence-electron chi connectivity index (χ2n) is 7.21. The standard InChI is InChI=1S/C22H24FN3O3/c1-14(2)12-13-28-19-10-6-17(7-11-19)21(27)24-15(3)22-25-20(26-29-22)16-4-8-18(23)9-5-16/h4-11,14-15H,12-13H2,1-3H3,(H,24,27). The second kappa shape index (κ2) is 9.32. The van der Waals surface area contributed by atoms with E-state index in [1.807, 2.05) is 0 Å². The van der Waals surface area contributed by atoms with E-state index in [2.05, 4.69) is 29.3 Å². The number of ether oxygens (including phenoxy) is 1. The lowest BCUT2D eigenvalue weighted by Gasteiger charge is -2.11. The molecule has 1 amide bonds. The molecule has 1 N–H and O–H groups in total. The lowest BCUT2D eigenvalue weighted by molar-refractivity contribution is 0.0932. The summed E-state index contributed by atoms with van der Waals surface area (Å²) in [4.78, 5) is 16.8. The molecular weight excluding hydrogens is 373 g/mol. The van der Waals surface area contributed by atoms with Gasteiger partial charge in [-0.1, -0.05) is 19.0 Å². The van der Waals surface area contributed by atoms with Crippen LogP contribution < -0.4 is 10.1 Å². The number of hydrogen-bond donors (Lipinski definition) is 1. The van der Waals surface area contributed by atoms with Crippen LogP contribution in [-0.4, -0.2) is 22.7 Å². The van der Waals surface area contributed by atoms with Crippen LogP contribution in [0.5, 0.6) is 5.75 Å². The maximum Gasteiger partial charge on any atom is 0.251 e. The zero-order valence-electron chi connectivity index (χ0n) is 16.7. The fourth-order valence-corrected chi connectivity index (χ4v) is 2.58. The number of carbonyl (C=O) groups excluding carboxylic acids is 1. The van der Waals surface area contributed by atoms with Gasteiger partial charge in [0.25, 0.3) is 5.91 Å². The molecule has 1 aromatic heterocycles. The van der Waals surface area contributed by atoms with Gasteiger partial charge in [0.2, 0.25) is 11.7 Å².